The molecule has 2 aromatic carbocycles. The summed E-state index contributed by atoms with van der Waals surface area (Å²) >= 11 is 0. The maximum atomic E-state index is 13.5. The molecule has 4 atom stereocenters. The highest BCUT2D eigenvalue weighted by Gasteiger charge is 2.32. The van der Waals surface area contributed by atoms with Crippen molar-refractivity contribution in [1.82, 2.24) is 20.9 Å². The molecule has 3 rings (SSSR count). The Morgan fingerprint density at radius 2 is 1.33 bits per heavy atom. The van der Waals surface area contributed by atoms with Crippen molar-refractivity contribution in [2.24, 2.45) is 5.73 Å². The minimum absolute atomic E-state index is 0.0581. The summed E-state index contributed by atoms with van der Waals surface area (Å²) in [6, 6.07) is 10.5. The van der Waals surface area contributed by atoms with Gasteiger partial charge in [0.25, 0.3) is 0 Å². The third kappa shape index (κ3) is 9.67. The number of H-pyrrole nitrogens is 1. The van der Waals surface area contributed by atoms with Crippen LogP contribution in [0.2, 0.25) is 0 Å². The average Bonchev–Trinajstić information content (AvgIpc) is 3.37. The fraction of sp³-hybridized carbons (Fsp3) is 0.310. The fourth-order valence-corrected chi connectivity index (χ4v) is 4.42. The lowest BCUT2D eigenvalue weighted by Gasteiger charge is -2.24. The molecule has 1 aromatic heterocycles. The van der Waals surface area contributed by atoms with Gasteiger partial charge in [0.2, 0.25) is 17.7 Å². The lowest BCUT2D eigenvalue weighted by atomic mass is 10.0. The molecule has 14 heteroatoms. The zero-order valence-electron chi connectivity index (χ0n) is 23.0. The van der Waals surface area contributed by atoms with Crippen molar-refractivity contribution in [1.29, 1.82) is 0 Å². The number of hydrogen-bond donors (Lipinski definition) is 8. The quantitative estimate of drug-likeness (QED) is 0.111. The molecule has 0 radical (unpaired) electrons. The summed E-state index contributed by atoms with van der Waals surface area (Å²) < 4.78 is 0. The minimum Gasteiger partial charge on any atom is -0.481 e. The molecular weight excluding hydrogens is 562 g/mol. The van der Waals surface area contributed by atoms with Crippen LogP contribution in [0.4, 0.5) is 0 Å². The van der Waals surface area contributed by atoms with Gasteiger partial charge >= 0.3 is 17.9 Å². The lowest BCUT2D eigenvalue weighted by molar-refractivity contribution is -0.144. The molecule has 228 valence electrons. The molecule has 0 fully saturated rings. The van der Waals surface area contributed by atoms with Gasteiger partial charge in [-0.05, 0) is 30.0 Å². The Balaban J connectivity index is 1.82. The number of benzene rings is 2. The molecular formula is C29H33N5O9. The molecule has 0 aliphatic rings. The smallest absolute Gasteiger partial charge is 0.326 e. The van der Waals surface area contributed by atoms with Crippen LogP contribution in [-0.4, -0.2) is 80.1 Å². The van der Waals surface area contributed by atoms with Gasteiger partial charge in [-0.15, -0.1) is 0 Å². The monoisotopic (exact) mass is 595 g/mol. The number of carboxylic acid groups (broad SMARTS) is 3. The van der Waals surface area contributed by atoms with Gasteiger partial charge in [-0.1, -0.05) is 48.5 Å². The van der Waals surface area contributed by atoms with E-state index in [9.17, 15) is 39.0 Å². The normalized spacial score (nSPS) is 13.7. The van der Waals surface area contributed by atoms with Crippen LogP contribution in [-0.2, 0) is 41.6 Å². The van der Waals surface area contributed by atoms with Gasteiger partial charge in [-0.3, -0.25) is 24.0 Å². The predicted octanol–water partition coefficient (Wildman–Crippen LogP) is 0.159. The molecule has 0 aliphatic heterocycles. The Labute approximate surface area is 245 Å². The van der Waals surface area contributed by atoms with Crippen molar-refractivity contribution < 1.29 is 44.1 Å². The Bertz CT molecular complexity index is 1470. The number of aromatic amines is 1. The Morgan fingerprint density at radius 1 is 0.721 bits per heavy atom. The molecule has 0 saturated carbocycles. The number of hydrogen-bond acceptors (Lipinski definition) is 7. The highest BCUT2D eigenvalue weighted by molar-refractivity contribution is 5.96. The molecule has 0 saturated heterocycles. The molecule has 43 heavy (non-hydrogen) atoms. The van der Waals surface area contributed by atoms with Crippen molar-refractivity contribution >= 4 is 46.5 Å². The maximum absolute atomic E-state index is 13.5. The standard InChI is InChI=1S/C29H33N5O9/c30-19(12-16-6-2-1-3-7-16)26(39)33-22(13-17-15-31-20-9-5-4-8-18(17)20)27(40)34-23(14-25(37)38)28(41)32-21(29(42)43)10-11-24(35)36/h1-9,15,19,21-23,31H,10-14,30H2,(H,32,41)(H,33,39)(H,34,40)(H,35,36)(H,37,38)(H,42,43). The van der Waals surface area contributed by atoms with Crippen molar-refractivity contribution in [3.8, 4) is 0 Å². The SMILES string of the molecule is NC(Cc1ccccc1)C(=O)NC(Cc1c[nH]c2ccccc12)C(=O)NC(CC(=O)O)C(=O)NC(CCC(=O)O)C(=O)O. The number of rotatable bonds is 16. The number of aromatic nitrogens is 1. The highest BCUT2D eigenvalue weighted by atomic mass is 16.4. The van der Waals surface area contributed by atoms with Crippen LogP contribution in [0.5, 0.6) is 0 Å². The van der Waals surface area contributed by atoms with E-state index in [0.717, 1.165) is 16.5 Å². The molecule has 3 amide bonds. The van der Waals surface area contributed by atoms with Gasteiger partial charge in [0.05, 0.1) is 12.5 Å². The van der Waals surface area contributed by atoms with E-state index in [4.69, 9.17) is 10.8 Å². The summed E-state index contributed by atoms with van der Waals surface area (Å²) in [5.74, 6) is -7.03. The number of nitrogens with one attached hydrogen (secondary N) is 4. The topological polar surface area (TPSA) is 241 Å². The first-order chi connectivity index (χ1) is 20.4. The number of amides is 3. The molecule has 1 heterocycles. The Hall–Kier alpha value is -5.24. The van der Waals surface area contributed by atoms with E-state index >= 15 is 0 Å². The zero-order chi connectivity index (χ0) is 31.5. The van der Waals surface area contributed by atoms with Gasteiger partial charge in [0.15, 0.2) is 0 Å². The van der Waals surface area contributed by atoms with Crippen LogP contribution in [0, 0.1) is 0 Å². The third-order valence-corrected chi connectivity index (χ3v) is 6.64. The second-order valence-electron chi connectivity index (χ2n) is 9.91. The van der Waals surface area contributed by atoms with Gasteiger partial charge in [0, 0.05) is 29.9 Å². The van der Waals surface area contributed by atoms with Crippen LogP contribution in [0.3, 0.4) is 0 Å². The van der Waals surface area contributed by atoms with Gasteiger partial charge in [-0.2, -0.15) is 0 Å². The molecule has 14 nitrogen and oxygen atoms in total. The highest BCUT2D eigenvalue weighted by Crippen LogP contribution is 2.19. The zero-order valence-corrected chi connectivity index (χ0v) is 23.0. The van der Waals surface area contributed by atoms with Gasteiger partial charge in [0.1, 0.15) is 18.1 Å². The molecule has 0 spiro atoms. The van der Waals surface area contributed by atoms with Crippen LogP contribution in [0.1, 0.15) is 30.4 Å². The maximum Gasteiger partial charge on any atom is 0.326 e. The van der Waals surface area contributed by atoms with Crippen LogP contribution < -0.4 is 21.7 Å². The molecule has 0 bridgehead atoms. The number of carbonyl (C=O) groups excluding carboxylic acids is 3. The largest absolute Gasteiger partial charge is 0.481 e. The van der Waals surface area contributed by atoms with E-state index in [1.54, 1.807) is 36.5 Å². The summed E-state index contributed by atoms with van der Waals surface area (Å²) in [6.45, 7) is 0. The number of para-hydroxylation sites is 1. The number of fused-ring (bicyclic) bond motifs is 1. The molecule has 3 aromatic rings. The van der Waals surface area contributed by atoms with Crippen molar-refractivity contribution in [3.05, 3.63) is 71.9 Å². The molecule has 9 N–H and O–H groups in total. The second kappa shape index (κ2) is 15.1. The van der Waals surface area contributed by atoms with Crippen LogP contribution in [0.25, 0.3) is 10.9 Å². The van der Waals surface area contributed by atoms with Crippen LogP contribution >= 0.6 is 0 Å². The Kier molecular flexibility index (Phi) is 11.3. The fourth-order valence-electron chi connectivity index (χ4n) is 4.42. The summed E-state index contributed by atoms with van der Waals surface area (Å²) in [7, 11) is 0. The van der Waals surface area contributed by atoms with Crippen LogP contribution in [0.15, 0.2) is 60.8 Å². The number of carboxylic acids is 3. The van der Waals surface area contributed by atoms with Crippen molar-refractivity contribution in [2.45, 2.75) is 56.3 Å². The van der Waals surface area contributed by atoms with Crippen molar-refractivity contribution in [3.63, 3.8) is 0 Å². The molecule has 0 aliphatic carbocycles. The van der Waals surface area contributed by atoms with E-state index in [0.29, 0.717) is 5.56 Å². The van der Waals surface area contributed by atoms with Gasteiger partial charge < -0.3 is 42.0 Å². The average molecular weight is 596 g/mol. The van der Waals surface area contributed by atoms with Crippen molar-refractivity contribution in [2.75, 3.05) is 0 Å². The summed E-state index contributed by atoms with van der Waals surface area (Å²) in [5, 5.41) is 35.4. The van der Waals surface area contributed by atoms with E-state index < -0.39 is 79.1 Å². The van der Waals surface area contributed by atoms with E-state index in [1.165, 1.54) is 0 Å². The summed E-state index contributed by atoms with van der Waals surface area (Å²) in [5.41, 5.74) is 8.33. The first-order valence-electron chi connectivity index (χ1n) is 13.4. The summed E-state index contributed by atoms with van der Waals surface area (Å²) in [6.07, 6.45) is -0.188. The third-order valence-electron chi connectivity index (χ3n) is 6.64. The van der Waals surface area contributed by atoms with Gasteiger partial charge in [-0.25, -0.2) is 4.79 Å². The second-order valence-corrected chi connectivity index (χ2v) is 9.91. The number of carbonyl (C=O) groups is 6. The first kappa shape index (κ1) is 32.3. The first-order valence-corrected chi connectivity index (χ1v) is 13.4. The lowest BCUT2D eigenvalue weighted by Crippen LogP contribution is -2.58. The number of aliphatic carboxylic acids is 3. The summed E-state index contributed by atoms with van der Waals surface area (Å²) in [4.78, 5) is 76.5. The van der Waals surface area contributed by atoms with E-state index in [1.807, 2.05) is 24.3 Å². The Morgan fingerprint density at radius 3 is 1.98 bits per heavy atom. The van der Waals surface area contributed by atoms with E-state index in [-0.39, 0.29) is 12.8 Å². The predicted molar refractivity (Wildman–Crippen MR) is 153 cm³/mol. The minimum atomic E-state index is -1.74. The molecule has 4 unspecified atom stereocenters. The van der Waals surface area contributed by atoms with E-state index in [2.05, 4.69) is 20.9 Å². The number of nitrogens with two attached hydrogens (primary N) is 1.